The van der Waals surface area contributed by atoms with Crippen LogP contribution >= 0.6 is 11.8 Å². The van der Waals surface area contributed by atoms with Crippen molar-refractivity contribution >= 4 is 11.8 Å². The van der Waals surface area contributed by atoms with E-state index in [0.29, 0.717) is 0 Å². The monoisotopic (exact) mass is 155 g/mol. The maximum absolute atomic E-state index is 5.31. The average molecular weight is 155 g/mol. The van der Waals surface area contributed by atoms with E-state index in [0.717, 1.165) is 11.5 Å². The molecule has 0 amide bonds. The largest absolute Gasteiger partial charge is 0.327 e. The van der Waals surface area contributed by atoms with Crippen LogP contribution in [0.15, 0.2) is 21.4 Å². The van der Waals surface area contributed by atoms with Gasteiger partial charge in [0.05, 0.1) is 26.0 Å². The van der Waals surface area contributed by atoms with E-state index in [1.54, 1.807) is 11.8 Å². The highest BCUT2D eigenvalue weighted by molar-refractivity contribution is 7.98. The first-order valence-corrected chi connectivity index (χ1v) is 4.40. The van der Waals surface area contributed by atoms with Gasteiger partial charge in [-0.1, -0.05) is 0 Å². The summed E-state index contributed by atoms with van der Waals surface area (Å²) in [5.74, 6) is 1.95. The molecule has 0 N–H and O–H groups in total. The second kappa shape index (κ2) is 3.06. The van der Waals surface area contributed by atoms with Gasteiger partial charge in [-0.2, -0.15) is 0 Å². The molecule has 0 bridgehead atoms. The molecule has 1 aromatic rings. The smallest absolute Gasteiger partial charge is 0.218 e. The van der Waals surface area contributed by atoms with Gasteiger partial charge in [0.1, 0.15) is 0 Å². The molecule has 0 aliphatic heterocycles. The summed E-state index contributed by atoms with van der Waals surface area (Å²) in [7, 11) is 0. The number of thioether (sulfide) groups is 1. The van der Waals surface area contributed by atoms with Gasteiger partial charge >= 0.3 is 11.5 Å². The summed E-state index contributed by atoms with van der Waals surface area (Å²) in [6.07, 6.45) is 2.06. The molecule has 54 valence electrons. The lowest BCUT2D eigenvalue weighted by Gasteiger charge is -1.89. The zero-order valence-corrected chi connectivity index (χ0v) is 7.29. The van der Waals surface area contributed by atoms with Crippen LogP contribution in [0.1, 0.15) is 11.5 Å². The molecule has 0 aliphatic rings. The van der Waals surface area contributed by atoms with E-state index in [-0.39, 0.29) is 0 Å². The fourth-order valence-electron chi connectivity index (χ4n) is 0.873. The molecule has 0 radical (unpaired) electrons. The molecule has 1 heterocycles. The van der Waals surface area contributed by atoms with Crippen LogP contribution in [0.5, 0.6) is 0 Å². The first-order chi connectivity index (χ1) is 4.72. The number of rotatable bonds is 1. The zero-order valence-electron chi connectivity index (χ0n) is 6.47. The van der Waals surface area contributed by atoms with E-state index in [2.05, 4.69) is 6.26 Å². The van der Waals surface area contributed by atoms with Gasteiger partial charge in [-0.3, -0.25) is 0 Å². The maximum atomic E-state index is 5.31. The lowest BCUT2D eigenvalue weighted by atomic mass is 10.4. The summed E-state index contributed by atoms with van der Waals surface area (Å²) >= 11 is 1.74. The molecule has 1 aromatic heterocycles. The Bertz CT molecular complexity index is 212. The van der Waals surface area contributed by atoms with Crippen LogP contribution in [-0.4, -0.2) is 6.26 Å². The Morgan fingerprint density at radius 3 is 2.10 bits per heavy atom. The molecule has 0 atom stereocenters. The molecule has 0 aliphatic carbocycles. The van der Waals surface area contributed by atoms with Crippen LogP contribution in [0.2, 0.25) is 0 Å². The minimum absolute atomic E-state index is 0.976. The van der Waals surface area contributed by atoms with E-state index in [9.17, 15) is 0 Å². The van der Waals surface area contributed by atoms with Crippen LogP contribution in [0, 0.1) is 13.8 Å². The number of hydrogen-bond acceptors (Lipinski definition) is 1. The normalized spacial score (nSPS) is 9.90. The number of aryl methyl sites for hydroxylation is 2. The predicted molar refractivity (Wildman–Crippen MR) is 44.4 cm³/mol. The predicted octanol–water partition coefficient (Wildman–Crippen LogP) is 2.90. The lowest BCUT2D eigenvalue weighted by Crippen LogP contribution is -1.77. The molecule has 2 heteroatoms. The van der Waals surface area contributed by atoms with Crippen molar-refractivity contribution in [3.8, 4) is 0 Å². The van der Waals surface area contributed by atoms with Crippen molar-refractivity contribution in [2.24, 2.45) is 0 Å². The van der Waals surface area contributed by atoms with Gasteiger partial charge in [0, 0.05) is 4.90 Å². The molecule has 0 fully saturated rings. The molecular formula is C8H11OS+. The Labute approximate surface area is 65.5 Å². The second-order valence-corrected chi connectivity index (χ2v) is 3.10. The molecule has 0 saturated heterocycles. The summed E-state index contributed by atoms with van der Waals surface area (Å²) in [5, 5.41) is 0. The minimum Gasteiger partial charge on any atom is -0.218 e. The molecular weight excluding hydrogens is 144 g/mol. The maximum Gasteiger partial charge on any atom is 0.327 e. The van der Waals surface area contributed by atoms with Crippen molar-refractivity contribution in [2.75, 3.05) is 6.26 Å². The van der Waals surface area contributed by atoms with Crippen molar-refractivity contribution in [2.45, 2.75) is 18.7 Å². The molecule has 0 saturated carbocycles. The van der Waals surface area contributed by atoms with Crippen molar-refractivity contribution in [3.05, 3.63) is 23.7 Å². The molecule has 0 aromatic carbocycles. The molecule has 0 spiro atoms. The highest BCUT2D eigenvalue weighted by atomic mass is 32.2. The first kappa shape index (κ1) is 7.61. The van der Waals surface area contributed by atoms with Crippen molar-refractivity contribution < 1.29 is 4.42 Å². The van der Waals surface area contributed by atoms with Gasteiger partial charge < -0.3 is 0 Å². The van der Waals surface area contributed by atoms with Gasteiger partial charge in [0.25, 0.3) is 0 Å². The molecule has 0 unspecified atom stereocenters. The van der Waals surface area contributed by atoms with Gasteiger partial charge in [-0.15, -0.1) is 11.8 Å². The highest BCUT2D eigenvalue weighted by Gasteiger charge is 2.05. The lowest BCUT2D eigenvalue weighted by molar-refractivity contribution is 0.481. The van der Waals surface area contributed by atoms with Crippen molar-refractivity contribution in [1.29, 1.82) is 0 Å². The Hall–Kier alpha value is -0.500. The van der Waals surface area contributed by atoms with E-state index in [1.165, 1.54) is 4.90 Å². The topological polar surface area (TPSA) is 11.3 Å². The van der Waals surface area contributed by atoms with Crippen LogP contribution < -0.4 is 0 Å². The molecule has 1 nitrogen and oxygen atoms in total. The quantitative estimate of drug-likeness (QED) is 0.456. The summed E-state index contributed by atoms with van der Waals surface area (Å²) in [6.45, 7) is 3.93. The second-order valence-electron chi connectivity index (χ2n) is 2.22. The SMILES string of the molecule is CSc1cc(C)[o+]c(C)c1. The Morgan fingerprint density at radius 1 is 1.20 bits per heavy atom. The Kier molecular flexibility index (Phi) is 2.33. The minimum atomic E-state index is 0.976. The van der Waals surface area contributed by atoms with Crippen molar-refractivity contribution in [1.82, 2.24) is 0 Å². The molecule has 10 heavy (non-hydrogen) atoms. The van der Waals surface area contributed by atoms with Gasteiger partial charge in [0.2, 0.25) is 0 Å². The van der Waals surface area contributed by atoms with Crippen molar-refractivity contribution in [3.63, 3.8) is 0 Å². The summed E-state index contributed by atoms with van der Waals surface area (Å²) in [4.78, 5) is 1.27. The van der Waals surface area contributed by atoms with Gasteiger partial charge in [-0.25, -0.2) is 4.42 Å². The van der Waals surface area contributed by atoms with Crippen LogP contribution in [0.25, 0.3) is 0 Å². The zero-order chi connectivity index (χ0) is 7.56. The van der Waals surface area contributed by atoms with E-state index in [1.807, 2.05) is 26.0 Å². The molecule has 1 rings (SSSR count). The van der Waals surface area contributed by atoms with Gasteiger partial charge in [-0.05, 0) is 6.26 Å². The average Bonchev–Trinajstić information content (AvgIpc) is 1.85. The highest BCUT2D eigenvalue weighted by Crippen LogP contribution is 2.17. The Balaban J connectivity index is 3.06. The Morgan fingerprint density at radius 2 is 1.70 bits per heavy atom. The third kappa shape index (κ3) is 1.74. The van der Waals surface area contributed by atoms with E-state index < -0.39 is 0 Å². The summed E-state index contributed by atoms with van der Waals surface area (Å²) in [6, 6.07) is 4.08. The van der Waals surface area contributed by atoms with Gasteiger partial charge in [0.15, 0.2) is 0 Å². The van der Waals surface area contributed by atoms with Crippen LogP contribution in [0.4, 0.5) is 0 Å². The summed E-state index contributed by atoms with van der Waals surface area (Å²) in [5.41, 5.74) is 0. The third-order valence-corrected chi connectivity index (χ3v) is 1.96. The first-order valence-electron chi connectivity index (χ1n) is 3.18. The van der Waals surface area contributed by atoms with Crippen LogP contribution in [-0.2, 0) is 0 Å². The van der Waals surface area contributed by atoms with E-state index >= 15 is 0 Å². The standard InChI is InChI=1S/C8H11OS/c1-6-4-8(10-3)5-7(2)9-6/h4-5H,1-3H3/q+1. The fraction of sp³-hybridized carbons (Fsp3) is 0.375. The summed E-state index contributed by atoms with van der Waals surface area (Å²) < 4.78 is 5.31. The van der Waals surface area contributed by atoms with Crippen LogP contribution in [0.3, 0.4) is 0 Å². The fourth-order valence-corrected chi connectivity index (χ4v) is 1.44. The number of hydrogen-bond donors (Lipinski definition) is 0. The van der Waals surface area contributed by atoms with E-state index in [4.69, 9.17) is 4.42 Å². The third-order valence-electron chi connectivity index (χ3n) is 1.25.